The van der Waals surface area contributed by atoms with Gasteiger partial charge in [0.15, 0.2) is 0 Å². The molecular weight excluding hydrogens is 328 g/mol. The van der Waals surface area contributed by atoms with Crippen molar-refractivity contribution in [3.05, 3.63) is 41.7 Å². The highest BCUT2D eigenvalue weighted by Crippen LogP contribution is 2.24. The number of nitrogens with zero attached hydrogens (tertiary/aromatic N) is 3. The molecule has 0 atom stereocenters. The first-order valence-electron chi connectivity index (χ1n) is 9.31. The fraction of sp³-hybridized carbons (Fsp3) is 0.450. The first-order chi connectivity index (χ1) is 12.7. The fourth-order valence-corrected chi connectivity index (χ4v) is 3.12. The first kappa shape index (κ1) is 18.2. The average molecular weight is 354 g/mol. The summed E-state index contributed by atoms with van der Waals surface area (Å²) in [5, 5.41) is 2.91. The van der Waals surface area contributed by atoms with Crippen molar-refractivity contribution in [3.8, 4) is 5.75 Å². The topological polar surface area (TPSA) is 67.3 Å². The molecule has 1 fully saturated rings. The maximum absolute atomic E-state index is 12.8. The van der Waals surface area contributed by atoms with Crippen LogP contribution in [0.3, 0.4) is 0 Å². The van der Waals surface area contributed by atoms with Crippen molar-refractivity contribution < 1.29 is 9.53 Å². The molecule has 138 valence electrons. The Balaban J connectivity index is 1.81. The second-order valence-corrected chi connectivity index (χ2v) is 6.48. The van der Waals surface area contributed by atoms with Gasteiger partial charge < -0.3 is 15.0 Å². The zero-order chi connectivity index (χ0) is 18.4. The predicted octanol–water partition coefficient (Wildman–Crippen LogP) is 3.82. The first-order valence-corrected chi connectivity index (χ1v) is 9.31. The van der Waals surface area contributed by atoms with Gasteiger partial charge in [0.25, 0.3) is 5.91 Å². The number of aromatic nitrogens is 2. The van der Waals surface area contributed by atoms with E-state index in [9.17, 15) is 4.79 Å². The van der Waals surface area contributed by atoms with Crippen LogP contribution in [0.25, 0.3) is 0 Å². The summed E-state index contributed by atoms with van der Waals surface area (Å²) in [6, 6.07) is 9.14. The molecule has 0 saturated carbocycles. The quantitative estimate of drug-likeness (QED) is 0.884. The smallest absolute Gasteiger partial charge is 0.274 e. The van der Waals surface area contributed by atoms with Gasteiger partial charge >= 0.3 is 0 Å². The van der Waals surface area contributed by atoms with Crippen molar-refractivity contribution >= 4 is 17.5 Å². The van der Waals surface area contributed by atoms with Crippen LogP contribution in [0.4, 0.5) is 11.6 Å². The van der Waals surface area contributed by atoms with Gasteiger partial charge in [-0.25, -0.2) is 9.97 Å². The van der Waals surface area contributed by atoms with E-state index in [0.717, 1.165) is 31.6 Å². The Morgan fingerprint density at radius 1 is 1.15 bits per heavy atom. The van der Waals surface area contributed by atoms with Crippen LogP contribution < -0.4 is 15.0 Å². The Bertz CT molecular complexity index is 755. The molecule has 0 radical (unpaired) electrons. The molecule has 2 aromatic rings. The molecule has 26 heavy (non-hydrogen) atoms. The number of carbonyl (C=O) groups is 1. The van der Waals surface area contributed by atoms with E-state index in [1.165, 1.54) is 12.8 Å². The molecule has 0 bridgehead atoms. The van der Waals surface area contributed by atoms with E-state index in [4.69, 9.17) is 4.74 Å². The van der Waals surface area contributed by atoms with E-state index in [-0.39, 0.29) is 5.91 Å². The lowest BCUT2D eigenvalue weighted by Crippen LogP contribution is -2.27. The second kappa shape index (κ2) is 8.65. The van der Waals surface area contributed by atoms with Crippen molar-refractivity contribution in [2.24, 2.45) is 0 Å². The lowest BCUT2D eigenvalue weighted by molar-refractivity contribution is 0.102. The van der Waals surface area contributed by atoms with Crippen molar-refractivity contribution in [2.75, 3.05) is 29.9 Å². The maximum atomic E-state index is 12.8. The molecule has 2 heterocycles. The number of nitrogens with one attached hydrogen (secondary N) is 1. The van der Waals surface area contributed by atoms with Gasteiger partial charge in [0.05, 0.1) is 12.3 Å². The van der Waals surface area contributed by atoms with Crippen LogP contribution in [0, 0.1) is 6.92 Å². The second-order valence-electron chi connectivity index (χ2n) is 6.48. The third-order valence-electron chi connectivity index (χ3n) is 4.40. The summed E-state index contributed by atoms with van der Waals surface area (Å²) in [7, 11) is 0. The Labute approximate surface area is 154 Å². The molecule has 3 rings (SSSR count). The van der Waals surface area contributed by atoms with Crippen molar-refractivity contribution in [1.82, 2.24) is 9.97 Å². The number of aryl methyl sites for hydroxylation is 1. The number of carbonyl (C=O) groups excluding carboxylic acids is 1. The molecule has 1 saturated heterocycles. The highest BCUT2D eigenvalue weighted by Gasteiger charge is 2.17. The molecule has 0 spiro atoms. The normalized spacial score (nSPS) is 14.6. The number of ether oxygens (including phenoxy) is 1. The maximum Gasteiger partial charge on any atom is 0.274 e. The number of benzene rings is 1. The zero-order valence-electron chi connectivity index (χ0n) is 15.5. The molecule has 6 nitrogen and oxygen atoms in total. The number of hydrogen-bond acceptors (Lipinski definition) is 5. The molecule has 1 aromatic carbocycles. The summed E-state index contributed by atoms with van der Waals surface area (Å²) < 4.78 is 5.57. The summed E-state index contributed by atoms with van der Waals surface area (Å²) in [4.78, 5) is 24.0. The fourth-order valence-electron chi connectivity index (χ4n) is 3.12. The minimum absolute atomic E-state index is 0.251. The van der Waals surface area contributed by atoms with Gasteiger partial charge in [-0.1, -0.05) is 25.0 Å². The van der Waals surface area contributed by atoms with Crippen LogP contribution in [0.2, 0.25) is 0 Å². The van der Waals surface area contributed by atoms with Gasteiger partial charge in [0.1, 0.15) is 11.4 Å². The van der Waals surface area contributed by atoms with Crippen molar-refractivity contribution in [3.63, 3.8) is 0 Å². The zero-order valence-corrected chi connectivity index (χ0v) is 15.5. The number of hydrogen-bond donors (Lipinski definition) is 1. The average Bonchev–Trinajstić information content (AvgIpc) is 2.92. The molecule has 1 N–H and O–H groups in total. The Hall–Kier alpha value is -2.63. The van der Waals surface area contributed by atoms with Gasteiger partial charge in [-0.3, -0.25) is 4.79 Å². The minimum Gasteiger partial charge on any atom is -0.492 e. The number of rotatable bonds is 5. The van der Waals surface area contributed by atoms with Gasteiger partial charge in [0.2, 0.25) is 5.95 Å². The van der Waals surface area contributed by atoms with E-state index in [0.29, 0.717) is 29.7 Å². The molecular formula is C20H26N4O2. The van der Waals surface area contributed by atoms with Crippen LogP contribution in [0.1, 0.15) is 48.8 Å². The highest BCUT2D eigenvalue weighted by molar-refractivity contribution is 6.03. The Morgan fingerprint density at radius 3 is 2.62 bits per heavy atom. The SMILES string of the molecule is CCOc1ccccc1NC(=O)c1cc(C)nc(N2CCCCCC2)n1. The monoisotopic (exact) mass is 354 g/mol. The largest absolute Gasteiger partial charge is 0.492 e. The molecule has 0 unspecified atom stereocenters. The van der Waals surface area contributed by atoms with E-state index < -0.39 is 0 Å². The lowest BCUT2D eigenvalue weighted by atomic mass is 10.2. The Kier molecular flexibility index (Phi) is 6.04. The predicted molar refractivity (Wildman–Crippen MR) is 103 cm³/mol. The molecule has 1 amide bonds. The number of para-hydroxylation sites is 2. The molecule has 1 aromatic heterocycles. The van der Waals surface area contributed by atoms with Gasteiger partial charge in [-0.2, -0.15) is 0 Å². The van der Waals surface area contributed by atoms with Crippen LogP contribution in [-0.4, -0.2) is 35.6 Å². The third-order valence-corrected chi connectivity index (χ3v) is 4.40. The summed E-state index contributed by atoms with van der Waals surface area (Å²) in [5.41, 5.74) is 1.82. The Morgan fingerprint density at radius 2 is 1.88 bits per heavy atom. The highest BCUT2D eigenvalue weighted by atomic mass is 16.5. The number of amides is 1. The summed E-state index contributed by atoms with van der Waals surface area (Å²) in [6.07, 6.45) is 4.76. The van der Waals surface area contributed by atoms with E-state index >= 15 is 0 Å². The van der Waals surface area contributed by atoms with Gasteiger partial charge in [0, 0.05) is 18.8 Å². The summed E-state index contributed by atoms with van der Waals surface area (Å²) in [6.45, 7) is 6.24. The van der Waals surface area contributed by atoms with Crippen molar-refractivity contribution in [2.45, 2.75) is 39.5 Å². The van der Waals surface area contributed by atoms with Crippen LogP contribution in [0.5, 0.6) is 5.75 Å². The van der Waals surface area contributed by atoms with Crippen LogP contribution in [0.15, 0.2) is 30.3 Å². The molecule has 1 aliphatic rings. The third kappa shape index (κ3) is 4.50. The van der Waals surface area contributed by atoms with Gasteiger partial charge in [-0.15, -0.1) is 0 Å². The molecule has 1 aliphatic heterocycles. The van der Waals surface area contributed by atoms with E-state index in [1.807, 2.05) is 38.1 Å². The van der Waals surface area contributed by atoms with Gasteiger partial charge in [-0.05, 0) is 44.9 Å². The minimum atomic E-state index is -0.251. The summed E-state index contributed by atoms with van der Waals surface area (Å²) >= 11 is 0. The molecule has 6 heteroatoms. The van der Waals surface area contributed by atoms with E-state index in [1.54, 1.807) is 6.07 Å². The van der Waals surface area contributed by atoms with Crippen LogP contribution >= 0.6 is 0 Å². The van der Waals surface area contributed by atoms with Crippen molar-refractivity contribution in [1.29, 1.82) is 0 Å². The summed E-state index contributed by atoms with van der Waals surface area (Å²) in [5.74, 6) is 1.05. The lowest BCUT2D eigenvalue weighted by Gasteiger charge is -2.21. The molecule has 0 aliphatic carbocycles. The number of anilines is 2. The van der Waals surface area contributed by atoms with Crippen LogP contribution in [-0.2, 0) is 0 Å². The van der Waals surface area contributed by atoms with E-state index in [2.05, 4.69) is 20.2 Å². The standard InChI is InChI=1S/C20H26N4O2/c1-3-26-18-11-7-6-10-16(18)22-19(25)17-14-15(2)21-20(23-17)24-12-8-4-5-9-13-24/h6-7,10-11,14H,3-5,8-9,12-13H2,1-2H3,(H,22,25).